The van der Waals surface area contributed by atoms with E-state index in [0.29, 0.717) is 18.1 Å². The Labute approximate surface area is 154 Å². The van der Waals surface area contributed by atoms with Crippen molar-refractivity contribution >= 4 is 34.7 Å². The molecule has 1 heterocycles. The lowest BCUT2D eigenvalue weighted by molar-refractivity contribution is 0.0764. The Hall–Kier alpha value is -2.17. The predicted octanol–water partition coefficient (Wildman–Crippen LogP) is 4.26. The van der Waals surface area contributed by atoms with E-state index in [9.17, 15) is 15.0 Å². The van der Waals surface area contributed by atoms with Crippen molar-refractivity contribution in [1.29, 1.82) is 0 Å². The minimum Gasteiger partial charge on any atom is -0.504 e. The molecule has 0 saturated carbocycles. The van der Waals surface area contributed by atoms with Gasteiger partial charge in [-0.25, -0.2) is 0 Å². The van der Waals surface area contributed by atoms with Crippen molar-refractivity contribution in [2.75, 3.05) is 13.1 Å². The summed E-state index contributed by atoms with van der Waals surface area (Å²) in [7, 11) is 0. The molecule has 2 aromatic carbocycles. The van der Waals surface area contributed by atoms with Gasteiger partial charge in [0, 0.05) is 29.2 Å². The quantitative estimate of drug-likeness (QED) is 0.732. The van der Waals surface area contributed by atoms with Crippen LogP contribution in [0.1, 0.15) is 27.9 Å². The van der Waals surface area contributed by atoms with Crippen molar-refractivity contribution in [3.8, 4) is 11.5 Å². The molecule has 25 heavy (non-hydrogen) atoms. The normalized spacial score (nSPS) is 16.0. The van der Waals surface area contributed by atoms with Crippen molar-refractivity contribution in [3.05, 3.63) is 62.6 Å². The van der Waals surface area contributed by atoms with Crippen molar-refractivity contribution in [2.24, 2.45) is 0 Å². The summed E-state index contributed by atoms with van der Waals surface area (Å²) in [6, 6.07) is 8.49. The molecule has 1 amide bonds. The number of hydrogen-bond acceptors (Lipinski definition) is 3. The van der Waals surface area contributed by atoms with Gasteiger partial charge < -0.3 is 15.1 Å². The minimum atomic E-state index is -0.435. The standard InChI is InChI=1S/C19H15Cl2NO3/c20-12-2-1-10-5-11-9-22(4-3-14(11)15(10)6-12)19(25)16-7-13(21)8-17(23)18(16)24/h1-2,6-8,23-24H,3-5,9H2. The van der Waals surface area contributed by atoms with Crippen LogP contribution in [-0.2, 0) is 6.42 Å². The summed E-state index contributed by atoms with van der Waals surface area (Å²) in [5.74, 6) is -1.16. The monoisotopic (exact) mass is 375 g/mol. The van der Waals surface area contributed by atoms with E-state index in [4.69, 9.17) is 23.2 Å². The second-order valence-electron chi connectivity index (χ2n) is 6.36. The fraction of sp³-hybridized carbons (Fsp3) is 0.211. The minimum absolute atomic E-state index is 0.0209. The summed E-state index contributed by atoms with van der Waals surface area (Å²) in [5.41, 5.74) is 4.89. The third-order valence-electron chi connectivity index (χ3n) is 4.81. The zero-order valence-corrected chi connectivity index (χ0v) is 14.7. The molecule has 1 aliphatic carbocycles. The molecule has 4 nitrogen and oxygen atoms in total. The lowest BCUT2D eigenvalue weighted by Crippen LogP contribution is -2.36. The van der Waals surface area contributed by atoms with Crippen molar-refractivity contribution in [1.82, 2.24) is 4.90 Å². The van der Waals surface area contributed by atoms with Gasteiger partial charge in [-0.15, -0.1) is 0 Å². The third-order valence-corrected chi connectivity index (χ3v) is 5.27. The van der Waals surface area contributed by atoms with Crippen LogP contribution in [0, 0.1) is 0 Å². The van der Waals surface area contributed by atoms with Crippen LogP contribution < -0.4 is 0 Å². The first kappa shape index (κ1) is 16.3. The third kappa shape index (κ3) is 2.75. The lowest BCUT2D eigenvalue weighted by atomic mass is 9.98. The van der Waals surface area contributed by atoms with Crippen LogP contribution in [-0.4, -0.2) is 34.1 Å². The van der Waals surface area contributed by atoms with Crippen molar-refractivity contribution in [3.63, 3.8) is 0 Å². The van der Waals surface area contributed by atoms with Crippen LogP contribution in [0.5, 0.6) is 11.5 Å². The van der Waals surface area contributed by atoms with E-state index < -0.39 is 11.5 Å². The molecule has 0 radical (unpaired) electrons. The van der Waals surface area contributed by atoms with E-state index in [1.807, 2.05) is 18.2 Å². The van der Waals surface area contributed by atoms with Crippen LogP contribution in [0.3, 0.4) is 0 Å². The number of phenolic OH excluding ortho intramolecular Hbond substituents is 2. The molecule has 0 fully saturated rings. The predicted molar refractivity (Wildman–Crippen MR) is 97.4 cm³/mol. The number of hydrogen-bond donors (Lipinski definition) is 2. The van der Waals surface area contributed by atoms with Gasteiger partial charge in [0.15, 0.2) is 11.5 Å². The maximum Gasteiger partial charge on any atom is 0.258 e. The Morgan fingerprint density at radius 2 is 1.88 bits per heavy atom. The highest BCUT2D eigenvalue weighted by molar-refractivity contribution is 6.31. The second kappa shape index (κ2) is 5.97. The van der Waals surface area contributed by atoms with Crippen LogP contribution in [0.25, 0.3) is 5.57 Å². The molecule has 0 spiro atoms. The van der Waals surface area contributed by atoms with Crippen LogP contribution >= 0.6 is 23.2 Å². The van der Waals surface area contributed by atoms with Gasteiger partial charge in [0.05, 0.1) is 5.56 Å². The number of carbonyl (C=O) groups excluding carboxylic acids is 1. The maximum atomic E-state index is 12.8. The average molecular weight is 376 g/mol. The van der Waals surface area contributed by atoms with Crippen molar-refractivity contribution in [2.45, 2.75) is 12.8 Å². The van der Waals surface area contributed by atoms with Gasteiger partial charge >= 0.3 is 0 Å². The number of rotatable bonds is 1. The molecule has 2 aromatic rings. The van der Waals surface area contributed by atoms with E-state index in [-0.39, 0.29) is 16.5 Å². The summed E-state index contributed by atoms with van der Waals surface area (Å²) in [6.45, 7) is 1.03. The van der Waals surface area contributed by atoms with Gasteiger partial charge in [0.1, 0.15) is 0 Å². The molecule has 0 aromatic heterocycles. The molecule has 1 aliphatic heterocycles. The summed E-state index contributed by atoms with van der Waals surface area (Å²) in [6.07, 6.45) is 1.54. The Kier molecular flexibility index (Phi) is 3.89. The van der Waals surface area contributed by atoms with Gasteiger partial charge in [0.2, 0.25) is 0 Å². The topological polar surface area (TPSA) is 60.8 Å². The van der Waals surface area contributed by atoms with E-state index >= 15 is 0 Å². The Morgan fingerprint density at radius 3 is 2.68 bits per heavy atom. The average Bonchev–Trinajstić information content (AvgIpc) is 2.94. The van der Waals surface area contributed by atoms with Gasteiger partial charge in [-0.3, -0.25) is 4.79 Å². The first-order valence-electron chi connectivity index (χ1n) is 7.94. The molecule has 4 rings (SSSR count). The fourth-order valence-electron chi connectivity index (χ4n) is 3.62. The van der Waals surface area contributed by atoms with Gasteiger partial charge in [0.25, 0.3) is 5.91 Å². The first-order chi connectivity index (χ1) is 11.9. The zero-order chi connectivity index (χ0) is 17.7. The Bertz CT molecular complexity index is 937. The molecule has 2 aliphatic rings. The summed E-state index contributed by atoms with van der Waals surface area (Å²) < 4.78 is 0. The molecule has 0 unspecified atom stereocenters. The molecular weight excluding hydrogens is 361 g/mol. The van der Waals surface area contributed by atoms with Crippen molar-refractivity contribution < 1.29 is 15.0 Å². The second-order valence-corrected chi connectivity index (χ2v) is 7.23. The van der Waals surface area contributed by atoms with E-state index in [1.165, 1.54) is 34.4 Å². The fourth-order valence-corrected chi connectivity index (χ4v) is 4.01. The van der Waals surface area contributed by atoms with Crippen LogP contribution in [0.2, 0.25) is 10.0 Å². The van der Waals surface area contributed by atoms with E-state index in [1.54, 1.807) is 4.90 Å². The molecule has 0 atom stereocenters. The van der Waals surface area contributed by atoms with E-state index in [2.05, 4.69) is 0 Å². The van der Waals surface area contributed by atoms with Crippen LogP contribution in [0.4, 0.5) is 0 Å². The molecule has 0 saturated heterocycles. The molecular formula is C19H15Cl2NO3. The number of nitrogens with zero attached hydrogens (tertiary/aromatic N) is 1. The number of fused-ring (bicyclic) bond motifs is 2. The summed E-state index contributed by atoms with van der Waals surface area (Å²) >= 11 is 12.0. The lowest BCUT2D eigenvalue weighted by Gasteiger charge is -2.29. The van der Waals surface area contributed by atoms with Gasteiger partial charge in [-0.2, -0.15) is 0 Å². The molecule has 2 N–H and O–H groups in total. The summed E-state index contributed by atoms with van der Waals surface area (Å²) in [5, 5.41) is 20.6. The largest absolute Gasteiger partial charge is 0.504 e. The Balaban J connectivity index is 1.62. The first-order valence-corrected chi connectivity index (χ1v) is 8.70. The van der Waals surface area contributed by atoms with Gasteiger partial charge in [-0.05, 0) is 53.3 Å². The highest BCUT2D eigenvalue weighted by Gasteiger charge is 2.30. The number of carbonyl (C=O) groups is 1. The number of halogens is 2. The van der Waals surface area contributed by atoms with E-state index in [0.717, 1.165) is 12.8 Å². The van der Waals surface area contributed by atoms with Crippen LogP contribution in [0.15, 0.2) is 35.9 Å². The van der Waals surface area contributed by atoms with Gasteiger partial charge in [-0.1, -0.05) is 29.3 Å². The number of benzene rings is 2. The number of aromatic hydroxyl groups is 2. The molecule has 128 valence electrons. The zero-order valence-electron chi connectivity index (χ0n) is 13.2. The number of amides is 1. The smallest absolute Gasteiger partial charge is 0.258 e. The highest BCUT2D eigenvalue weighted by atomic mass is 35.5. The molecule has 6 heteroatoms. The highest BCUT2D eigenvalue weighted by Crippen LogP contribution is 2.40. The number of phenols is 2. The summed E-state index contributed by atoms with van der Waals surface area (Å²) in [4.78, 5) is 14.5. The molecule has 0 bridgehead atoms. The SMILES string of the molecule is O=C(c1cc(Cl)cc(O)c1O)N1CCC2=C(Cc3ccc(Cl)cc32)C1. The maximum absolute atomic E-state index is 12.8. The Morgan fingerprint density at radius 1 is 1.08 bits per heavy atom.